The van der Waals surface area contributed by atoms with E-state index >= 15 is 0 Å². The van der Waals surface area contributed by atoms with E-state index < -0.39 is 0 Å². The Bertz CT molecular complexity index is 758. The number of hydrogen-bond donors (Lipinski definition) is 1. The molecule has 1 amide bonds. The monoisotopic (exact) mass is 338 g/mol. The summed E-state index contributed by atoms with van der Waals surface area (Å²) in [5, 5.41) is 4.41. The minimum atomic E-state index is -0.0975. The van der Waals surface area contributed by atoms with E-state index in [9.17, 15) is 9.59 Å². The number of hydrogen-bond acceptors (Lipinski definition) is 3. The molecule has 2 aromatic rings. The first-order valence-electron chi connectivity index (χ1n) is 7.13. The zero-order chi connectivity index (χ0) is 16.3. The minimum absolute atomic E-state index is 0.0322. The highest BCUT2D eigenvalue weighted by atomic mass is 35.5. The number of halogens is 1. The lowest BCUT2D eigenvalue weighted by atomic mass is 10.2. The molecule has 1 atom stereocenters. The molecule has 0 unspecified atom stereocenters. The van der Waals surface area contributed by atoms with E-state index in [0.717, 1.165) is 22.2 Å². The predicted octanol–water partition coefficient (Wildman–Crippen LogP) is 3.20. The topological polar surface area (TPSA) is 51.1 Å². The normalized spacial score (nSPS) is 12.4. The second kappa shape index (κ2) is 7.20. The second-order valence-electron chi connectivity index (χ2n) is 5.23. The molecule has 1 aromatic carbocycles. The van der Waals surface area contributed by atoms with Crippen LogP contribution in [0.25, 0.3) is 10.9 Å². The SMILES string of the molecule is CC[C@H](C)NC(=O)CSc1cc(=O)n(C)c2ccc(Cl)cc12. The van der Waals surface area contributed by atoms with Crippen molar-refractivity contribution < 1.29 is 4.79 Å². The van der Waals surface area contributed by atoms with Gasteiger partial charge in [-0.25, -0.2) is 0 Å². The summed E-state index contributed by atoms with van der Waals surface area (Å²) in [5.41, 5.74) is 0.710. The maximum absolute atomic E-state index is 12.0. The maximum Gasteiger partial charge on any atom is 0.251 e. The van der Waals surface area contributed by atoms with Crippen molar-refractivity contribution in [2.45, 2.75) is 31.2 Å². The van der Waals surface area contributed by atoms with Gasteiger partial charge in [0, 0.05) is 34.5 Å². The highest BCUT2D eigenvalue weighted by Crippen LogP contribution is 2.28. The lowest BCUT2D eigenvalue weighted by Gasteiger charge is -2.12. The van der Waals surface area contributed by atoms with Gasteiger partial charge in [-0.1, -0.05) is 18.5 Å². The van der Waals surface area contributed by atoms with Crippen molar-refractivity contribution >= 4 is 40.2 Å². The summed E-state index contributed by atoms with van der Waals surface area (Å²) in [5.74, 6) is 0.245. The molecule has 6 heteroatoms. The van der Waals surface area contributed by atoms with Crippen LogP contribution in [0.3, 0.4) is 0 Å². The number of thioether (sulfide) groups is 1. The Morgan fingerprint density at radius 1 is 1.41 bits per heavy atom. The fourth-order valence-corrected chi connectivity index (χ4v) is 3.13. The Morgan fingerprint density at radius 3 is 2.82 bits per heavy atom. The van der Waals surface area contributed by atoms with Crippen LogP contribution in [0.4, 0.5) is 0 Å². The van der Waals surface area contributed by atoms with Crippen molar-refractivity contribution in [1.29, 1.82) is 0 Å². The number of carbonyl (C=O) groups is 1. The summed E-state index contributed by atoms with van der Waals surface area (Å²) in [6.07, 6.45) is 0.890. The third-order valence-corrected chi connectivity index (χ3v) is 4.84. The van der Waals surface area contributed by atoms with E-state index in [1.165, 1.54) is 11.8 Å². The van der Waals surface area contributed by atoms with Crippen LogP contribution in [0.2, 0.25) is 5.02 Å². The molecule has 22 heavy (non-hydrogen) atoms. The Morgan fingerprint density at radius 2 is 2.14 bits per heavy atom. The van der Waals surface area contributed by atoms with Crippen LogP contribution in [0.5, 0.6) is 0 Å². The van der Waals surface area contributed by atoms with Gasteiger partial charge in [-0.05, 0) is 31.5 Å². The largest absolute Gasteiger partial charge is 0.353 e. The van der Waals surface area contributed by atoms with Gasteiger partial charge in [-0.15, -0.1) is 11.8 Å². The summed E-state index contributed by atoms with van der Waals surface area (Å²) in [7, 11) is 1.72. The lowest BCUT2D eigenvalue weighted by Crippen LogP contribution is -2.33. The van der Waals surface area contributed by atoms with Crippen molar-refractivity contribution in [3.8, 4) is 0 Å². The smallest absolute Gasteiger partial charge is 0.251 e. The number of fused-ring (bicyclic) bond motifs is 1. The molecule has 0 aliphatic carbocycles. The molecular formula is C16H19ClN2O2S. The van der Waals surface area contributed by atoms with E-state index in [0.29, 0.717) is 5.02 Å². The van der Waals surface area contributed by atoms with Gasteiger partial charge in [0.15, 0.2) is 0 Å². The fourth-order valence-electron chi connectivity index (χ4n) is 2.08. The number of amides is 1. The average Bonchev–Trinajstić information content (AvgIpc) is 2.49. The molecule has 1 heterocycles. The Hall–Kier alpha value is -1.46. The van der Waals surface area contributed by atoms with Crippen LogP contribution in [-0.2, 0) is 11.8 Å². The number of nitrogens with one attached hydrogen (secondary N) is 1. The molecule has 118 valence electrons. The van der Waals surface area contributed by atoms with Crippen LogP contribution in [0.15, 0.2) is 34.0 Å². The minimum Gasteiger partial charge on any atom is -0.353 e. The maximum atomic E-state index is 12.0. The lowest BCUT2D eigenvalue weighted by molar-refractivity contribution is -0.119. The van der Waals surface area contributed by atoms with Crippen molar-refractivity contribution in [2.24, 2.45) is 7.05 Å². The molecule has 4 nitrogen and oxygen atoms in total. The molecule has 0 bridgehead atoms. The molecule has 0 saturated heterocycles. The number of aryl methyl sites for hydroxylation is 1. The fraction of sp³-hybridized carbons (Fsp3) is 0.375. The number of nitrogens with zero attached hydrogens (tertiary/aromatic N) is 1. The Kier molecular flexibility index (Phi) is 5.53. The first-order chi connectivity index (χ1) is 10.4. The quantitative estimate of drug-likeness (QED) is 0.852. The van der Waals surface area contributed by atoms with Gasteiger partial charge in [0.05, 0.1) is 11.3 Å². The molecule has 0 aliphatic heterocycles. The first-order valence-corrected chi connectivity index (χ1v) is 8.50. The third kappa shape index (κ3) is 3.84. The summed E-state index contributed by atoms with van der Waals surface area (Å²) in [4.78, 5) is 24.7. The molecule has 1 aromatic heterocycles. The number of aromatic nitrogens is 1. The van der Waals surface area contributed by atoms with Crippen molar-refractivity contribution in [3.05, 3.63) is 39.6 Å². The van der Waals surface area contributed by atoms with E-state index in [4.69, 9.17) is 11.6 Å². The van der Waals surface area contributed by atoms with Crippen LogP contribution >= 0.6 is 23.4 Å². The summed E-state index contributed by atoms with van der Waals surface area (Å²) >= 11 is 7.42. The number of benzene rings is 1. The highest BCUT2D eigenvalue weighted by molar-refractivity contribution is 8.00. The van der Waals surface area contributed by atoms with Gasteiger partial charge in [-0.2, -0.15) is 0 Å². The van der Waals surface area contributed by atoms with E-state index in [1.807, 2.05) is 26.0 Å². The van der Waals surface area contributed by atoms with Gasteiger partial charge in [-0.3, -0.25) is 9.59 Å². The zero-order valence-electron chi connectivity index (χ0n) is 12.9. The van der Waals surface area contributed by atoms with Gasteiger partial charge in [0.2, 0.25) is 5.91 Å². The Balaban J connectivity index is 2.28. The molecular weight excluding hydrogens is 320 g/mol. The molecule has 0 saturated carbocycles. The van der Waals surface area contributed by atoms with Crippen LogP contribution in [0.1, 0.15) is 20.3 Å². The number of carbonyl (C=O) groups excluding carboxylic acids is 1. The summed E-state index contributed by atoms with van der Waals surface area (Å²) in [6, 6.07) is 7.11. The zero-order valence-corrected chi connectivity index (χ0v) is 14.4. The summed E-state index contributed by atoms with van der Waals surface area (Å²) < 4.78 is 1.58. The van der Waals surface area contributed by atoms with Gasteiger partial charge < -0.3 is 9.88 Å². The highest BCUT2D eigenvalue weighted by Gasteiger charge is 2.11. The van der Waals surface area contributed by atoms with Crippen LogP contribution in [-0.4, -0.2) is 22.3 Å². The number of pyridine rings is 1. The molecule has 0 radical (unpaired) electrons. The van der Waals surface area contributed by atoms with E-state index in [2.05, 4.69) is 5.32 Å². The standard InChI is InChI=1S/C16H19ClN2O2S/c1-4-10(2)18-15(20)9-22-14-8-16(21)19(3)13-6-5-11(17)7-12(13)14/h5-8,10H,4,9H2,1-3H3,(H,18,20)/t10-/m0/s1. The van der Waals surface area contributed by atoms with Crippen molar-refractivity contribution in [3.63, 3.8) is 0 Å². The molecule has 0 fully saturated rings. The average molecular weight is 339 g/mol. The predicted molar refractivity (Wildman–Crippen MR) is 92.8 cm³/mol. The molecule has 0 aliphatic rings. The van der Waals surface area contributed by atoms with Gasteiger partial charge >= 0.3 is 0 Å². The van der Waals surface area contributed by atoms with E-state index in [-0.39, 0.29) is 23.3 Å². The molecule has 0 spiro atoms. The van der Waals surface area contributed by atoms with Crippen LogP contribution in [0, 0.1) is 0 Å². The van der Waals surface area contributed by atoms with Crippen molar-refractivity contribution in [2.75, 3.05) is 5.75 Å². The van der Waals surface area contributed by atoms with Gasteiger partial charge in [0.1, 0.15) is 0 Å². The van der Waals surface area contributed by atoms with Crippen molar-refractivity contribution in [1.82, 2.24) is 9.88 Å². The van der Waals surface area contributed by atoms with E-state index in [1.54, 1.807) is 23.7 Å². The third-order valence-electron chi connectivity index (χ3n) is 3.55. The van der Waals surface area contributed by atoms with Crippen LogP contribution < -0.4 is 10.9 Å². The number of rotatable bonds is 5. The Labute approximate surface area is 138 Å². The van der Waals surface area contributed by atoms with Gasteiger partial charge in [0.25, 0.3) is 5.56 Å². The second-order valence-corrected chi connectivity index (χ2v) is 6.69. The molecule has 1 N–H and O–H groups in total. The summed E-state index contributed by atoms with van der Waals surface area (Å²) in [6.45, 7) is 3.99. The molecule has 2 rings (SSSR count). The first kappa shape index (κ1) is 16.9.